The highest BCUT2D eigenvalue weighted by Gasteiger charge is 2.11. The van der Waals surface area contributed by atoms with E-state index in [1.165, 1.54) is 0 Å². The topological polar surface area (TPSA) is 61.8 Å². The minimum absolute atomic E-state index is 0.451. The van der Waals surface area contributed by atoms with Crippen LogP contribution in [-0.4, -0.2) is 26.1 Å². The third-order valence-corrected chi connectivity index (χ3v) is 4.22. The molecule has 7 heteroatoms. The molecule has 0 bridgehead atoms. The van der Waals surface area contributed by atoms with Gasteiger partial charge in [0, 0.05) is 27.0 Å². The van der Waals surface area contributed by atoms with Crippen LogP contribution in [0.5, 0.6) is 0 Å². The predicted octanol–water partition coefficient (Wildman–Crippen LogP) is 4.20. The van der Waals surface area contributed by atoms with Crippen molar-refractivity contribution in [3.05, 3.63) is 56.5 Å². The molecular formula is C15H14BrN5S. The normalized spacial score (nSPS) is 11.4. The first-order valence-electron chi connectivity index (χ1n) is 6.69. The second-order valence-corrected chi connectivity index (χ2v) is 6.16. The van der Waals surface area contributed by atoms with Gasteiger partial charge in [0.1, 0.15) is 0 Å². The van der Waals surface area contributed by atoms with Crippen LogP contribution < -0.4 is 0 Å². The van der Waals surface area contributed by atoms with Crippen LogP contribution in [0.15, 0.2) is 39.9 Å². The summed E-state index contributed by atoms with van der Waals surface area (Å²) in [4.78, 5) is 3.25. The van der Waals surface area contributed by atoms with Gasteiger partial charge in [-0.2, -0.15) is 14.9 Å². The number of H-pyrrole nitrogens is 2. The van der Waals surface area contributed by atoms with Crippen molar-refractivity contribution in [3.63, 3.8) is 0 Å². The molecule has 3 aromatic rings. The molecule has 0 aliphatic rings. The predicted molar refractivity (Wildman–Crippen MR) is 93.8 cm³/mol. The van der Waals surface area contributed by atoms with E-state index in [0.29, 0.717) is 10.6 Å². The lowest BCUT2D eigenvalue weighted by Crippen LogP contribution is -1.95. The Bertz CT molecular complexity index is 903. The quantitative estimate of drug-likeness (QED) is 0.532. The van der Waals surface area contributed by atoms with Gasteiger partial charge in [-0.15, -0.1) is 0 Å². The fourth-order valence-corrected chi connectivity index (χ4v) is 2.86. The third kappa shape index (κ3) is 2.82. The maximum atomic E-state index is 5.28. The first-order valence-corrected chi connectivity index (χ1v) is 7.89. The Balaban J connectivity index is 2.06. The highest BCUT2D eigenvalue weighted by Crippen LogP contribution is 2.26. The molecule has 0 amide bonds. The molecule has 0 radical (unpaired) electrons. The van der Waals surface area contributed by atoms with Crippen LogP contribution in [0.1, 0.15) is 17.0 Å². The maximum absolute atomic E-state index is 5.28. The van der Waals surface area contributed by atoms with Crippen LogP contribution >= 0.6 is 28.1 Å². The van der Waals surface area contributed by atoms with Gasteiger partial charge in [0.2, 0.25) is 4.77 Å². The second-order valence-electron chi connectivity index (χ2n) is 4.92. The monoisotopic (exact) mass is 375 g/mol. The Morgan fingerprint density at radius 3 is 2.77 bits per heavy atom. The van der Waals surface area contributed by atoms with Crippen LogP contribution in [0.3, 0.4) is 0 Å². The summed E-state index contributed by atoms with van der Waals surface area (Å²) in [5.74, 6) is 0.665. The largest absolute Gasteiger partial charge is 0.362 e. The molecule has 0 aliphatic carbocycles. The van der Waals surface area contributed by atoms with E-state index in [-0.39, 0.29) is 0 Å². The van der Waals surface area contributed by atoms with E-state index in [2.05, 4.69) is 36.2 Å². The molecule has 0 unspecified atom stereocenters. The van der Waals surface area contributed by atoms with Crippen LogP contribution in [0, 0.1) is 18.6 Å². The first kappa shape index (κ1) is 14.9. The van der Waals surface area contributed by atoms with Gasteiger partial charge in [0.05, 0.1) is 6.21 Å². The van der Waals surface area contributed by atoms with E-state index in [1.54, 1.807) is 10.9 Å². The fourth-order valence-electron chi connectivity index (χ4n) is 2.22. The average Bonchev–Trinajstić information content (AvgIpc) is 3.00. The lowest BCUT2D eigenvalue weighted by molar-refractivity contribution is 0.871. The number of nitrogens with one attached hydrogen (secondary N) is 2. The highest BCUT2D eigenvalue weighted by atomic mass is 79.9. The standard InChI is InChI=1S/C15H14BrN5S/c1-9-7-11(10(2)18-9)8-17-21-14(19-20-15(21)22)12-5-3-4-6-13(12)16/h3-8,18H,1-2H3,(H,20,22)/b17-8+. The van der Waals surface area contributed by atoms with Crippen molar-refractivity contribution in [2.45, 2.75) is 13.8 Å². The van der Waals surface area contributed by atoms with Crippen LogP contribution in [0.25, 0.3) is 11.4 Å². The number of hydrogen-bond acceptors (Lipinski definition) is 3. The summed E-state index contributed by atoms with van der Waals surface area (Å²) >= 11 is 8.81. The maximum Gasteiger partial charge on any atom is 0.216 e. The molecular weight excluding hydrogens is 362 g/mol. The molecule has 112 valence electrons. The minimum atomic E-state index is 0.451. The zero-order valence-electron chi connectivity index (χ0n) is 12.1. The summed E-state index contributed by atoms with van der Waals surface area (Å²) in [5, 5.41) is 11.6. The van der Waals surface area contributed by atoms with E-state index in [9.17, 15) is 0 Å². The van der Waals surface area contributed by atoms with Gasteiger partial charge in [-0.05, 0) is 44.3 Å². The molecule has 0 spiro atoms. The number of halogens is 1. The lowest BCUT2D eigenvalue weighted by atomic mass is 10.2. The highest BCUT2D eigenvalue weighted by molar-refractivity contribution is 9.10. The molecule has 1 aromatic carbocycles. The van der Waals surface area contributed by atoms with Crippen molar-refractivity contribution in [1.82, 2.24) is 19.9 Å². The van der Waals surface area contributed by atoms with E-state index < -0.39 is 0 Å². The summed E-state index contributed by atoms with van der Waals surface area (Å²) in [6, 6.07) is 9.87. The number of aryl methyl sites for hydroxylation is 2. The zero-order chi connectivity index (χ0) is 15.7. The summed E-state index contributed by atoms with van der Waals surface area (Å²) in [6.45, 7) is 4.03. The Morgan fingerprint density at radius 1 is 1.32 bits per heavy atom. The molecule has 0 fully saturated rings. The molecule has 0 saturated heterocycles. The lowest BCUT2D eigenvalue weighted by Gasteiger charge is -2.03. The fraction of sp³-hybridized carbons (Fsp3) is 0.133. The van der Waals surface area contributed by atoms with Gasteiger partial charge in [-0.1, -0.05) is 28.1 Å². The van der Waals surface area contributed by atoms with Gasteiger partial charge >= 0.3 is 0 Å². The number of rotatable bonds is 3. The van der Waals surface area contributed by atoms with Gasteiger partial charge in [-0.25, -0.2) is 5.10 Å². The average molecular weight is 376 g/mol. The Morgan fingerprint density at radius 2 is 2.09 bits per heavy atom. The molecule has 5 nitrogen and oxygen atoms in total. The molecule has 3 rings (SSSR count). The van der Waals surface area contributed by atoms with E-state index in [1.807, 2.05) is 44.2 Å². The Labute approximate surface area is 141 Å². The smallest absolute Gasteiger partial charge is 0.216 e. The molecule has 0 saturated carbocycles. The van der Waals surface area contributed by atoms with Gasteiger partial charge in [0.15, 0.2) is 5.82 Å². The number of aromatic nitrogens is 4. The van der Waals surface area contributed by atoms with Crippen molar-refractivity contribution < 1.29 is 0 Å². The minimum Gasteiger partial charge on any atom is -0.362 e. The number of aromatic amines is 2. The van der Waals surface area contributed by atoms with Crippen molar-refractivity contribution in [3.8, 4) is 11.4 Å². The van der Waals surface area contributed by atoms with Crippen LogP contribution in [-0.2, 0) is 0 Å². The Kier molecular flexibility index (Phi) is 4.08. The number of hydrogen-bond donors (Lipinski definition) is 2. The van der Waals surface area contributed by atoms with E-state index in [4.69, 9.17) is 12.2 Å². The zero-order valence-corrected chi connectivity index (χ0v) is 14.5. The van der Waals surface area contributed by atoms with Gasteiger partial charge in [0.25, 0.3) is 0 Å². The summed E-state index contributed by atoms with van der Waals surface area (Å²) < 4.78 is 3.01. The molecule has 22 heavy (non-hydrogen) atoms. The van der Waals surface area contributed by atoms with Crippen molar-refractivity contribution in [2.75, 3.05) is 0 Å². The second kappa shape index (κ2) is 6.02. The molecule has 0 aliphatic heterocycles. The molecule has 2 heterocycles. The van der Waals surface area contributed by atoms with Crippen molar-refractivity contribution in [2.24, 2.45) is 5.10 Å². The van der Waals surface area contributed by atoms with Crippen LogP contribution in [0.4, 0.5) is 0 Å². The molecule has 2 aromatic heterocycles. The summed E-state index contributed by atoms with van der Waals surface area (Å²) in [5.41, 5.74) is 4.12. The van der Waals surface area contributed by atoms with E-state index >= 15 is 0 Å². The SMILES string of the molecule is Cc1cc(/C=N/n2c(-c3ccccc3Br)n[nH]c2=S)c(C)[nH]1. The molecule has 2 N–H and O–H groups in total. The van der Waals surface area contributed by atoms with Crippen LogP contribution in [0.2, 0.25) is 0 Å². The molecule has 0 atom stereocenters. The first-order chi connectivity index (χ1) is 10.6. The van der Waals surface area contributed by atoms with Gasteiger partial charge < -0.3 is 4.98 Å². The van der Waals surface area contributed by atoms with Crippen molar-refractivity contribution in [1.29, 1.82) is 0 Å². The summed E-state index contributed by atoms with van der Waals surface area (Å²) in [7, 11) is 0. The van der Waals surface area contributed by atoms with Crippen molar-refractivity contribution >= 4 is 34.4 Å². The number of nitrogens with zero attached hydrogens (tertiary/aromatic N) is 3. The Hall–Kier alpha value is -1.99. The number of benzene rings is 1. The third-order valence-electron chi connectivity index (χ3n) is 3.27. The van der Waals surface area contributed by atoms with Gasteiger partial charge in [-0.3, -0.25) is 0 Å². The van der Waals surface area contributed by atoms with E-state index in [0.717, 1.165) is 27.0 Å². The summed E-state index contributed by atoms with van der Waals surface area (Å²) in [6.07, 6.45) is 1.78.